The van der Waals surface area contributed by atoms with Crippen molar-refractivity contribution in [3.8, 4) is 0 Å². The standard InChI is InChI=1S/C9H14N4O/c1-12-4-6-13(7-5-12)8-9(14)11-3-2-10-8/h2-3H,4-7H2,1H3,(H,11,14). The van der Waals surface area contributed by atoms with Crippen molar-refractivity contribution in [1.82, 2.24) is 14.9 Å². The third-order valence-corrected chi connectivity index (χ3v) is 2.49. The zero-order valence-electron chi connectivity index (χ0n) is 8.23. The number of hydrogen-bond acceptors (Lipinski definition) is 4. The molecule has 1 aliphatic heterocycles. The second kappa shape index (κ2) is 3.79. The summed E-state index contributed by atoms with van der Waals surface area (Å²) in [5, 5.41) is 0. The molecular formula is C9H14N4O. The van der Waals surface area contributed by atoms with Crippen LogP contribution in [-0.2, 0) is 0 Å². The van der Waals surface area contributed by atoms with Gasteiger partial charge < -0.3 is 14.8 Å². The van der Waals surface area contributed by atoms with E-state index in [0.717, 1.165) is 26.2 Å². The fourth-order valence-electron chi connectivity index (χ4n) is 1.59. The Kier molecular flexibility index (Phi) is 2.49. The second-order valence-corrected chi connectivity index (χ2v) is 3.53. The van der Waals surface area contributed by atoms with Gasteiger partial charge in [0.05, 0.1) is 0 Å². The second-order valence-electron chi connectivity index (χ2n) is 3.53. The Morgan fingerprint density at radius 3 is 2.71 bits per heavy atom. The Bertz CT molecular complexity index is 354. The summed E-state index contributed by atoms with van der Waals surface area (Å²) in [5.41, 5.74) is -0.1000. The first-order valence-electron chi connectivity index (χ1n) is 4.74. The van der Waals surface area contributed by atoms with E-state index in [4.69, 9.17) is 0 Å². The fourth-order valence-corrected chi connectivity index (χ4v) is 1.59. The Balaban J connectivity index is 2.16. The van der Waals surface area contributed by atoms with Gasteiger partial charge in [0, 0.05) is 38.6 Å². The number of likely N-dealkylation sites (N-methyl/N-ethyl adjacent to an activating group) is 1. The van der Waals surface area contributed by atoms with Gasteiger partial charge in [0.15, 0.2) is 5.82 Å². The summed E-state index contributed by atoms with van der Waals surface area (Å²) in [7, 11) is 2.08. The van der Waals surface area contributed by atoms with Gasteiger partial charge in [-0.15, -0.1) is 0 Å². The molecule has 0 unspecified atom stereocenters. The SMILES string of the molecule is CN1CCN(c2ncc[nH]c2=O)CC1. The van der Waals surface area contributed by atoms with Gasteiger partial charge in [-0.25, -0.2) is 4.98 Å². The van der Waals surface area contributed by atoms with Crippen LogP contribution >= 0.6 is 0 Å². The van der Waals surface area contributed by atoms with Gasteiger partial charge in [-0.05, 0) is 7.05 Å². The van der Waals surface area contributed by atoms with Crippen LogP contribution in [0.2, 0.25) is 0 Å². The smallest absolute Gasteiger partial charge is 0.290 e. The molecule has 0 bridgehead atoms. The molecule has 76 valence electrons. The molecule has 0 amide bonds. The summed E-state index contributed by atoms with van der Waals surface area (Å²) in [4.78, 5) is 22.4. The molecule has 2 rings (SSSR count). The Morgan fingerprint density at radius 2 is 2.07 bits per heavy atom. The monoisotopic (exact) mass is 194 g/mol. The molecule has 0 spiro atoms. The van der Waals surface area contributed by atoms with E-state index in [0.29, 0.717) is 5.82 Å². The summed E-state index contributed by atoms with van der Waals surface area (Å²) in [5.74, 6) is 0.542. The van der Waals surface area contributed by atoms with Crippen LogP contribution in [0.4, 0.5) is 5.82 Å². The number of rotatable bonds is 1. The van der Waals surface area contributed by atoms with Crippen molar-refractivity contribution in [3.63, 3.8) is 0 Å². The van der Waals surface area contributed by atoms with E-state index >= 15 is 0 Å². The molecule has 0 radical (unpaired) electrons. The van der Waals surface area contributed by atoms with E-state index in [1.54, 1.807) is 12.4 Å². The van der Waals surface area contributed by atoms with Crippen molar-refractivity contribution in [2.24, 2.45) is 0 Å². The summed E-state index contributed by atoms with van der Waals surface area (Å²) in [6.45, 7) is 3.71. The molecule has 1 fully saturated rings. The number of aromatic amines is 1. The lowest BCUT2D eigenvalue weighted by molar-refractivity contribution is 0.311. The molecule has 1 saturated heterocycles. The van der Waals surface area contributed by atoms with Crippen LogP contribution in [0.15, 0.2) is 17.2 Å². The van der Waals surface area contributed by atoms with Crippen LogP contribution in [-0.4, -0.2) is 48.1 Å². The van der Waals surface area contributed by atoms with Crippen LogP contribution in [0.25, 0.3) is 0 Å². The van der Waals surface area contributed by atoms with Crippen LogP contribution in [0, 0.1) is 0 Å². The predicted octanol–water partition coefficient (Wildman–Crippen LogP) is -0.478. The molecule has 1 aromatic heterocycles. The minimum absolute atomic E-state index is 0.1000. The minimum Gasteiger partial charge on any atom is -0.349 e. The van der Waals surface area contributed by atoms with E-state index in [9.17, 15) is 4.79 Å². The van der Waals surface area contributed by atoms with Crippen molar-refractivity contribution < 1.29 is 0 Å². The maximum absolute atomic E-state index is 11.4. The lowest BCUT2D eigenvalue weighted by Crippen LogP contribution is -2.46. The van der Waals surface area contributed by atoms with E-state index in [1.807, 2.05) is 4.90 Å². The highest BCUT2D eigenvalue weighted by molar-refractivity contribution is 5.35. The van der Waals surface area contributed by atoms with Gasteiger partial charge in [-0.1, -0.05) is 0 Å². The van der Waals surface area contributed by atoms with Crippen molar-refractivity contribution in [2.45, 2.75) is 0 Å². The maximum Gasteiger partial charge on any atom is 0.290 e. The van der Waals surface area contributed by atoms with Crippen molar-refractivity contribution in [2.75, 3.05) is 38.1 Å². The molecule has 1 aromatic rings. The molecule has 1 aliphatic rings. The van der Waals surface area contributed by atoms with E-state index in [1.165, 1.54) is 0 Å². The minimum atomic E-state index is -0.1000. The van der Waals surface area contributed by atoms with Gasteiger partial charge in [0.2, 0.25) is 0 Å². The zero-order valence-corrected chi connectivity index (χ0v) is 8.23. The van der Waals surface area contributed by atoms with Crippen LogP contribution in [0.3, 0.4) is 0 Å². The summed E-state index contributed by atoms with van der Waals surface area (Å²) >= 11 is 0. The van der Waals surface area contributed by atoms with Crippen LogP contribution in [0.5, 0.6) is 0 Å². The lowest BCUT2D eigenvalue weighted by Gasteiger charge is -2.32. The quantitative estimate of drug-likeness (QED) is 0.656. The van der Waals surface area contributed by atoms with Crippen molar-refractivity contribution in [3.05, 3.63) is 22.7 Å². The van der Waals surface area contributed by atoms with Gasteiger partial charge >= 0.3 is 0 Å². The van der Waals surface area contributed by atoms with Crippen LogP contribution < -0.4 is 10.5 Å². The molecule has 0 saturated carbocycles. The highest BCUT2D eigenvalue weighted by atomic mass is 16.1. The van der Waals surface area contributed by atoms with E-state index in [2.05, 4.69) is 21.9 Å². The predicted molar refractivity (Wildman–Crippen MR) is 54.6 cm³/mol. The number of piperazine rings is 1. The zero-order chi connectivity index (χ0) is 9.97. The largest absolute Gasteiger partial charge is 0.349 e. The first kappa shape index (κ1) is 9.21. The number of anilines is 1. The Morgan fingerprint density at radius 1 is 1.36 bits per heavy atom. The average Bonchev–Trinajstić information content (AvgIpc) is 2.20. The molecule has 5 heteroatoms. The Hall–Kier alpha value is -1.36. The van der Waals surface area contributed by atoms with Crippen molar-refractivity contribution in [1.29, 1.82) is 0 Å². The highest BCUT2D eigenvalue weighted by Gasteiger charge is 2.16. The van der Waals surface area contributed by atoms with Gasteiger partial charge in [-0.3, -0.25) is 4.79 Å². The summed E-state index contributed by atoms with van der Waals surface area (Å²) in [6, 6.07) is 0. The number of nitrogens with zero attached hydrogens (tertiary/aromatic N) is 3. The molecule has 14 heavy (non-hydrogen) atoms. The molecule has 0 aromatic carbocycles. The summed E-state index contributed by atoms with van der Waals surface area (Å²) in [6.07, 6.45) is 3.18. The fraction of sp³-hybridized carbons (Fsp3) is 0.556. The first-order chi connectivity index (χ1) is 6.77. The van der Waals surface area contributed by atoms with E-state index in [-0.39, 0.29) is 5.56 Å². The topological polar surface area (TPSA) is 52.2 Å². The Labute approximate surface area is 82.4 Å². The molecule has 5 nitrogen and oxygen atoms in total. The average molecular weight is 194 g/mol. The third-order valence-electron chi connectivity index (χ3n) is 2.49. The van der Waals surface area contributed by atoms with Gasteiger partial charge in [0.1, 0.15) is 0 Å². The summed E-state index contributed by atoms with van der Waals surface area (Å²) < 4.78 is 0. The van der Waals surface area contributed by atoms with Crippen LogP contribution in [0.1, 0.15) is 0 Å². The molecular weight excluding hydrogens is 180 g/mol. The first-order valence-corrected chi connectivity index (χ1v) is 4.74. The molecule has 1 N–H and O–H groups in total. The third kappa shape index (κ3) is 1.77. The number of H-pyrrole nitrogens is 1. The number of nitrogens with one attached hydrogen (secondary N) is 1. The lowest BCUT2D eigenvalue weighted by atomic mass is 10.3. The highest BCUT2D eigenvalue weighted by Crippen LogP contribution is 2.06. The molecule has 2 heterocycles. The van der Waals surface area contributed by atoms with Gasteiger partial charge in [0.25, 0.3) is 5.56 Å². The number of hydrogen-bond donors (Lipinski definition) is 1. The number of aromatic nitrogens is 2. The van der Waals surface area contributed by atoms with Gasteiger partial charge in [-0.2, -0.15) is 0 Å². The van der Waals surface area contributed by atoms with Crippen molar-refractivity contribution >= 4 is 5.82 Å². The van der Waals surface area contributed by atoms with E-state index < -0.39 is 0 Å². The normalized spacial score (nSPS) is 18.5. The molecule has 0 atom stereocenters. The molecule has 0 aliphatic carbocycles. The maximum atomic E-state index is 11.4.